The van der Waals surface area contributed by atoms with Crippen LogP contribution in [0.25, 0.3) is 0 Å². The van der Waals surface area contributed by atoms with E-state index in [1.807, 2.05) is 0 Å². The normalized spacial score (nSPS) is 23.4. The van der Waals surface area contributed by atoms with Gasteiger partial charge in [0.15, 0.2) is 0 Å². The molecule has 0 bridgehead atoms. The molecule has 1 saturated heterocycles. The lowest BCUT2D eigenvalue weighted by atomic mass is 10.2. The Hall–Kier alpha value is -0.940. The summed E-state index contributed by atoms with van der Waals surface area (Å²) in [5.41, 5.74) is 1.03. The van der Waals surface area contributed by atoms with Crippen LogP contribution in [0.5, 0.6) is 0 Å². The third kappa shape index (κ3) is 2.76. The number of hydrazone groups is 1. The highest BCUT2D eigenvalue weighted by atomic mass is 16.2. The minimum absolute atomic E-state index is 0.116. The summed E-state index contributed by atoms with van der Waals surface area (Å²) < 4.78 is 0. The second-order valence-corrected chi connectivity index (χ2v) is 4.10. The van der Waals surface area contributed by atoms with Gasteiger partial charge in [-0.25, -0.2) is 5.01 Å². The molecular weight excluding hydrogens is 192 g/mol. The molecule has 0 radical (unpaired) electrons. The maximum Gasteiger partial charge on any atom is 0.248 e. The largest absolute Gasteiger partial charge is 0.314 e. The molecule has 2 aliphatic rings. The molecule has 0 spiro atoms. The topological polar surface area (TPSA) is 47.9 Å². The monoisotopic (exact) mass is 210 g/mol. The van der Waals surface area contributed by atoms with Gasteiger partial charge in [0.2, 0.25) is 5.91 Å². The molecule has 0 atom stereocenters. The minimum atomic E-state index is 0.116. The minimum Gasteiger partial charge on any atom is -0.314 e. The maximum absolute atomic E-state index is 11.2. The van der Waals surface area contributed by atoms with Crippen molar-refractivity contribution >= 4 is 11.6 Å². The van der Waals surface area contributed by atoms with Crippen LogP contribution in [0.1, 0.15) is 12.8 Å². The van der Waals surface area contributed by atoms with Gasteiger partial charge in [-0.15, -0.1) is 0 Å². The second-order valence-electron chi connectivity index (χ2n) is 4.10. The van der Waals surface area contributed by atoms with Gasteiger partial charge in [-0.3, -0.25) is 4.79 Å². The Morgan fingerprint density at radius 2 is 2.13 bits per heavy atom. The van der Waals surface area contributed by atoms with Crippen molar-refractivity contribution in [3.05, 3.63) is 0 Å². The van der Waals surface area contributed by atoms with Crippen molar-refractivity contribution in [2.75, 3.05) is 39.8 Å². The molecule has 0 saturated carbocycles. The van der Waals surface area contributed by atoms with Crippen LogP contribution in [-0.4, -0.2) is 61.3 Å². The van der Waals surface area contributed by atoms with E-state index in [9.17, 15) is 4.79 Å². The Balaban J connectivity index is 1.73. The van der Waals surface area contributed by atoms with Crippen molar-refractivity contribution in [2.24, 2.45) is 5.10 Å². The third-order valence-electron chi connectivity index (χ3n) is 2.93. The molecule has 5 heteroatoms. The molecule has 0 aromatic rings. The van der Waals surface area contributed by atoms with Gasteiger partial charge in [0.05, 0.1) is 6.42 Å². The van der Waals surface area contributed by atoms with E-state index >= 15 is 0 Å². The fourth-order valence-electron chi connectivity index (χ4n) is 1.95. The van der Waals surface area contributed by atoms with Crippen LogP contribution < -0.4 is 5.32 Å². The van der Waals surface area contributed by atoms with Gasteiger partial charge < -0.3 is 10.2 Å². The summed E-state index contributed by atoms with van der Waals surface area (Å²) in [7, 11) is 1.72. The number of nitrogens with one attached hydrogen (secondary N) is 1. The Labute approximate surface area is 90.1 Å². The zero-order chi connectivity index (χ0) is 10.7. The smallest absolute Gasteiger partial charge is 0.248 e. The lowest BCUT2D eigenvalue weighted by molar-refractivity contribution is -0.127. The molecule has 0 aromatic carbocycles. The van der Waals surface area contributed by atoms with Crippen molar-refractivity contribution in [1.82, 2.24) is 15.2 Å². The van der Waals surface area contributed by atoms with Crippen LogP contribution in [0.2, 0.25) is 0 Å². The summed E-state index contributed by atoms with van der Waals surface area (Å²) in [6.07, 6.45) is 1.44. The molecule has 1 amide bonds. The van der Waals surface area contributed by atoms with E-state index < -0.39 is 0 Å². The van der Waals surface area contributed by atoms with Gasteiger partial charge in [0.25, 0.3) is 0 Å². The van der Waals surface area contributed by atoms with E-state index in [-0.39, 0.29) is 5.91 Å². The SMILES string of the molecule is CN1N=C(CCN2CCNCC2)CC1=O. The van der Waals surface area contributed by atoms with Crippen LogP contribution >= 0.6 is 0 Å². The maximum atomic E-state index is 11.2. The van der Waals surface area contributed by atoms with Gasteiger partial charge in [-0.2, -0.15) is 5.10 Å². The predicted molar refractivity (Wildman–Crippen MR) is 58.7 cm³/mol. The molecule has 15 heavy (non-hydrogen) atoms. The van der Waals surface area contributed by atoms with E-state index in [1.54, 1.807) is 7.05 Å². The summed E-state index contributed by atoms with van der Waals surface area (Å²) in [5, 5.41) is 8.99. The average Bonchev–Trinajstić information content (AvgIpc) is 2.57. The second kappa shape index (κ2) is 4.72. The molecule has 1 fully saturated rings. The van der Waals surface area contributed by atoms with E-state index in [0.29, 0.717) is 6.42 Å². The molecule has 0 aromatic heterocycles. The third-order valence-corrected chi connectivity index (χ3v) is 2.93. The Morgan fingerprint density at radius 3 is 2.73 bits per heavy atom. The fourth-order valence-corrected chi connectivity index (χ4v) is 1.95. The van der Waals surface area contributed by atoms with Crippen molar-refractivity contribution in [1.29, 1.82) is 0 Å². The predicted octanol–water partition coefficient (Wildman–Crippen LogP) is -0.500. The molecule has 2 heterocycles. The van der Waals surface area contributed by atoms with Gasteiger partial charge in [-0.1, -0.05) is 0 Å². The number of carbonyl (C=O) groups excluding carboxylic acids is 1. The van der Waals surface area contributed by atoms with Crippen molar-refractivity contribution in [3.8, 4) is 0 Å². The number of amides is 1. The van der Waals surface area contributed by atoms with Crippen LogP contribution in [0.3, 0.4) is 0 Å². The number of carbonyl (C=O) groups is 1. The summed E-state index contributed by atoms with van der Waals surface area (Å²) in [6.45, 7) is 5.40. The highest BCUT2D eigenvalue weighted by Gasteiger charge is 2.20. The number of hydrogen-bond donors (Lipinski definition) is 1. The fraction of sp³-hybridized carbons (Fsp3) is 0.800. The number of piperazine rings is 1. The van der Waals surface area contributed by atoms with E-state index in [1.165, 1.54) is 5.01 Å². The first-order chi connectivity index (χ1) is 7.25. The summed E-state index contributed by atoms with van der Waals surface area (Å²) in [4.78, 5) is 13.6. The van der Waals surface area contributed by atoms with Crippen LogP contribution in [0.4, 0.5) is 0 Å². The van der Waals surface area contributed by atoms with E-state index in [0.717, 1.165) is 44.9 Å². The van der Waals surface area contributed by atoms with Crippen LogP contribution in [0, 0.1) is 0 Å². The van der Waals surface area contributed by atoms with Gasteiger partial charge in [0.1, 0.15) is 0 Å². The highest BCUT2D eigenvalue weighted by Crippen LogP contribution is 2.08. The zero-order valence-electron chi connectivity index (χ0n) is 9.20. The molecule has 84 valence electrons. The Morgan fingerprint density at radius 1 is 1.40 bits per heavy atom. The van der Waals surface area contributed by atoms with Crippen molar-refractivity contribution < 1.29 is 4.79 Å². The Kier molecular flexibility index (Phi) is 3.33. The standard InChI is InChI=1S/C10H18N4O/c1-13-10(15)8-9(12-13)2-5-14-6-3-11-4-7-14/h11H,2-8H2,1H3. The number of hydrogen-bond acceptors (Lipinski definition) is 4. The van der Waals surface area contributed by atoms with Gasteiger partial charge in [0, 0.05) is 51.9 Å². The Bertz CT molecular complexity index is 271. The highest BCUT2D eigenvalue weighted by molar-refractivity contribution is 6.04. The number of rotatable bonds is 3. The summed E-state index contributed by atoms with van der Waals surface area (Å²) in [6, 6.07) is 0. The van der Waals surface area contributed by atoms with Gasteiger partial charge in [-0.05, 0) is 0 Å². The average molecular weight is 210 g/mol. The lowest BCUT2D eigenvalue weighted by Gasteiger charge is -2.26. The summed E-state index contributed by atoms with van der Waals surface area (Å²) >= 11 is 0. The van der Waals surface area contributed by atoms with E-state index in [4.69, 9.17) is 0 Å². The molecule has 1 N–H and O–H groups in total. The summed E-state index contributed by atoms with van der Waals surface area (Å²) in [5.74, 6) is 0.116. The molecule has 2 rings (SSSR count). The first-order valence-corrected chi connectivity index (χ1v) is 5.52. The first kappa shape index (κ1) is 10.6. The first-order valence-electron chi connectivity index (χ1n) is 5.52. The van der Waals surface area contributed by atoms with Gasteiger partial charge >= 0.3 is 0 Å². The van der Waals surface area contributed by atoms with Crippen molar-refractivity contribution in [2.45, 2.75) is 12.8 Å². The van der Waals surface area contributed by atoms with Crippen LogP contribution in [-0.2, 0) is 4.79 Å². The molecule has 5 nitrogen and oxygen atoms in total. The van der Waals surface area contributed by atoms with E-state index in [2.05, 4.69) is 15.3 Å². The van der Waals surface area contributed by atoms with Crippen LogP contribution in [0.15, 0.2) is 5.10 Å². The molecular formula is C10H18N4O. The van der Waals surface area contributed by atoms with Crippen molar-refractivity contribution in [3.63, 3.8) is 0 Å². The molecule has 0 aliphatic carbocycles. The molecule has 0 unspecified atom stereocenters. The zero-order valence-corrected chi connectivity index (χ0v) is 9.20. The molecule has 2 aliphatic heterocycles. The lowest BCUT2D eigenvalue weighted by Crippen LogP contribution is -2.44. The quantitative estimate of drug-likeness (QED) is 0.683. The number of nitrogens with zero attached hydrogens (tertiary/aromatic N) is 3.